The van der Waals surface area contributed by atoms with E-state index in [4.69, 9.17) is 21.7 Å². The molecule has 0 radical (unpaired) electrons. The molecule has 0 N–H and O–H groups in total. The first-order valence-electron chi connectivity index (χ1n) is 8.83. The summed E-state index contributed by atoms with van der Waals surface area (Å²) in [5.41, 5.74) is -0.0862. The van der Waals surface area contributed by atoms with Crippen LogP contribution in [0.2, 0.25) is 5.02 Å². The zero-order valence-electron chi connectivity index (χ0n) is 15.6. The Morgan fingerprint density at radius 1 is 1.28 bits per heavy atom. The highest BCUT2D eigenvalue weighted by Crippen LogP contribution is 2.35. The third-order valence-corrected chi connectivity index (χ3v) is 6.59. The summed E-state index contributed by atoms with van der Waals surface area (Å²) in [6, 6.07) is 4.29. The topological polar surface area (TPSA) is 131 Å². The SMILES string of the molecule is CC1C(c2c(S(C)(=O)=O)ccc(C(=O)C3C(=O)CCCC3=O)c2Cl)=NOC1C#N. The molecule has 2 atom stereocenters. The molecule has 0 bridgehead atoms. The molecule has 29 heavy (non-hydrogen) atoms. The van der Waals surface area contributed by atoms with Gasteiger partial charge in [0.2, 0.25) is 6.10 Å². The quantitative estimate of drug-likeness (QED) is 0.521. The third kappa shape index (κ3) is 3.70. The summed E-state index contributed by atoms with van der Waals surface area (Å²) in [5, 5.41) is 12.7. The zero-order chi connectivity index (χ0) is 21.5. The lowest BCUT2D eigenvalue weighted by Gasteiger charge is -2.20. The van der Waals surface area contributed by atoms with Crippen LogP contribution < -0.4 is 0 Å². The summed E-state index contributed by atoms with van der Waals surface area (Å²) < 4.78 is 24.6. The highest BCUT2D eigenvalue weighted by molar-refractivity contribution is 7.90. The van der Waals surface area contributed by atoms with Crippen LogP contribution in [0.15, 0.2) is 22.2 Å². The van der Waals surface area contributed by atoms with Gasteiger partial charge in [-0.05, 0) is 18.6 Å². The van der Waals surface area contributed by atoms with Crippen molar-refractivity contribution >= 4 is 44.5 Å². The maximum atomic E-state index is 13.0. The molecule has 152 valence electrons. The van der Waals surface area contributed by atoms with E-state index in [1.165, 1.54) is 12.1 Å². The number of hydrogen-bond donors (Lipinski definition) is 0. The molecule has 1 saturated carbocycles. The number of oxime groups is 1. The number of halogens is 1. The van der Waals surface area contributed by atoms with Gasteiger partial charge in [0, 0.05) is 30.2 Å². The van der Waals surface area contributed by atoms with Crippen molar-refractivity contribution in [3.8, 4) is 6.07 Å². The van der Waals surface area contributed by atoms with Crippen molar-refractivity contribution in [1.29, 1.82) is 5.26 Å². The minimum atomic E-state index is -3.78. The largest absolute Gasteiger partial charge is 0.376 e. The number of nitriles is 1. The minimum Gasteiger partial charge on any atom is -0.376 e. The number of sulfone groups is 1. The minimum absolute atomic E-state index is 0.0547. The fourth-order valence-electron chi connectivity index (χ4n) is 3.49. The highest BCUT2D eigenvalue weighted by Gasteiger charge is 2.40. The Balaban J connectivity index is 2.18. The molecule has 0 aromatic heterocycles. The van der Waals surface area contributed by atoms with Crippen LogP contribution in [0, 0.1) is 23.2 Å². The van der Waals surface area contributed by atoms with Gasteiger partial charge in [-0.3, -0.25) is 14.4 Å². The number of hydrogen-bond acceptors (Lipinski definition) is 8. The van der Waals surface area contributed by atoms with Gasteiger partial charge in [-0.1, -0.05) is 23.7 Å². The number of nitrogens with zero attached hydrogens (tertiary/aromatic N) is 2. The molecule has 1 aliphatic carbocycles. The predicted octanol–water partition coefficient (Wildman–Crippen LogP) is 2.13. The Kier molecular flexibility index (Phi) is 5.61. The molecule has 2 unspecified atom stereocenters. The van der Waals surface area contributed by atoms with E-state index in [1.807, 2.05) is 6.07 Å². The van der Waals surface area contributed by atoms with Crippen LogP contribution in [-0.4, -0.2) is 43.8 Å². The van der Waals surface area contributed by atoms with Gasteiger partial charge >= 0.3 is 0 Å². The Hall–Kier alpha value is -2.57. The van der Waals surface area contributed by atoms with Crippen molar-refractivity contribution in [1.82, 2.24) is 0 Å². The molecule has 3 rings (SSSR count). The van der Waals surface area contributed by atoms with Crippen molar-refractivity contribution in [3.63, 3.8) is 0 Å². The lowest BCUT2D eigenvalue weighted by molar-refractivity contribution is -0.133. The van der Waals surface area contributed by atoms with Gasteiger partial charge in [-0.15, -0.1) is 0 Å². The van der Waals surface area contributed by atoms with E-state index >= 15 is 0 Å². The van der Waals surface area contributed by atoms with E-state index in [1.54, 1.807) is 6.92 Å². The van der Waals surface area contributed by atoms with Crippen LogP contribution in [0.25, 0.3) is 0 Å². The Bertz CT molecular complexity index is 1090. The van der Waals surface area contributed by atoms with Crippen LogP contribution >= 0.6 is 11.6 Å². The van der Waals surface area contributed by atoms with Gasteiger partial charge in [0.25, 0.3) is 0 Å². The van der Waals surface area contributed by atoms with E-state index in [9.17, 15) is 22.8 Å². The van der Waals surface area contributed by atoms with E-state index < -0.39 is 45.1 Å². The maximum absolute atomic E-state index is 13.0. The molecular formula is C19H17ClN2O6S. The summed E-state index contributed by atoms with van der Waals surface area (Å²) in [6.07, 6.45) is 0.676. The molecule has 0 amide bonds. The standard InChI is InChI=1S/C19H17ClN2O6S/c1-9-13(8-21)28-22-18(9)16-14(29(2,26)27)7-6-10(17(16)20)19(25)15-11(23)4-3-5-12(15)24/h6-7,9,13,15H,3-5H2,1-2H3. The smallest absolute Gasteiger partial charge is 0.220 e. The molecule has 1 aliphatic heterocycles. The number of benzene rings is 1. The van der Waals surface area contributed by atoms with Gasteiger partial charge in [0.05, 0.1) is 21.5 Å². The second-order valence-corrected chi connectivity index (χ2v) is 9.44. The van der Waals surface area contributed by atoms with E-state index in [0.717, 1.165) is 6.26 Å². The Morgan fingerprint density at radius 2 is 1.90 bits per heavy atom. The van der Waals surface area contributed by atoms with E-state index in [2.05, 4.69) is 5.16 Å². The van der Waals surface area contributed by atoms with Crippen LogP contribution in [-0.2, 0) is 24.3 Å². The normalized spacial score (nSPS) is 22.8. The zero-order valence-corrected chi connectivity index (χ0v) is 17.2. The van der Waals surface area contributed by atoms with E-state index in [0.29, 0.717) is 6.42 Å². The Morgan fingerprint density at radius 3 is 2.41 bits per heavy atom. The average Bonchev–Trinajstić information content (AvgIpc) is 3.00. The molecule has 0 saturated heterocycles. The number of carbonyl (C=O) groups is 3. The molecule has 8 nitrogen and oxygen atoms in total. The van der Waals surface area contributed by atoms with Gasteiger partial charge in [0.15, 0.2) is 27.2 Å². The first kappa shape index (κ1) is 21.1. The number of carbonyl (C=O) groups excluding carboxylic acids is 3. The molecule has 1 fully saturated rings. The highest BCUT2D eigenvalue weighted by atomic mass is 35.5. The number of ketones is 3. The van der Waals surface area contributed by atoms with Crippen LogP contribution in [0.1, 0.15) is 42.1 Å². The van der Waals surface area contributed by atoms with Crippen molar-refractivity contribution in [2.45, 2.75) is 37.2 Å². The van der Waals surface area contributed by atoms with E-state index in [-0.39, 0.29) is 39.6 Å². The van der Waals surface area contributed by atoms with Crippen molar-refractivity contribution in [3.05, 3.63) is 28.3 Å². The summed E-state index contributed by atoms with van der Waals surface area (Å²) in [7, 11) is -3.78. The van der Waals surface area contributed by atoms with Gasteiger partial charge in [0.1, 0.15) is 12.0 Å². The second kappa shape index (κ2) is 7.69. The summed E-state index contributed by atoms with van der Waals surface area (Å²) in [4.78, 5) is 42.2. The van der Waals surface area contributed by atoms with Crippen molar-refractivity contribution in [2.24, 2.45) is 17.0 Å². The number of Topliss-reactive ketones (excluding diaryl/α,β-unsaturated/α-hetero) is 3. The summed E-state index contributed by atoms with van der Waals surface area (Å²) >= 11 is 6.44. The average molecular weight is 437 g/mol. The lowest BCUT2D eigenvalue weighted by Crippen LogP contribution is -2.35. The van der Waals surface area contributed by atoms with Crippen LogP contribution in [0.4, 0.5) is 0 Å². The van der Waals surface area contributed by atoms with Gasteiger partial charge in [-0.25, -0.2) is 8.42 Å². The molecule has 0 spiro atoms. The van der Waals surface area contributed by atoms with Crippen molar-refractivity contribution in [2.75, 3.05) is 6.26 Å². The molecule has 1 aromatic carbocycles. The fraction of sp³-hybridized carbons (Fsp3) is 0.421. The molecular weight excluding hydrogens is 420 g/mol. The number of rotatable bonds is 4. The monoisotopic (exact) mass is 436 g/mol. The van der Waals surface area contributed by atoms with Gasteiger partial charge in [-0.2, -0.15) is 5.26 Å². The molecule has 1 heterocycles. The van der Waals surface area contributed by atoms with Gasteiger partial charge < -0.3 is 4.84 Å². The lowest BCUT2D eigenvalue weighted by atomic mass is 9.81. The van der Waals surface area contributed by atoms with Crippen LogP contribution in [0.5, 0.6) is 0 Å². The van der Waals surface area contributed by atoms with Crippen LogP contribution in [0.3, 0.4) is 0 Å². The Labute approximate surface area is 172 Å². The fourth-order valence-corrected chi connectivity index (χ4v) is 4.79. The first-order chi connectivity index (χ1) is 13.6. The van der Waals surface area contributed by atoms with Crippen molar-refractivity contribution < 1.29 is 27.6 Å². The summed E-state index contributed by atoms with van der Waals surface area (Å²) in [5.74, 6) is -3.77. The molecule has 2 aliphatic rings. The second-order valence-electron chi connectivity index (χ2n) is 7.08. The molecule has 10 heteroatoms. The third-order valence-electron chi connectivity index (χ3n) is 5.05. The predicted molar refractivity (Wildman–Crippen MR) is 102 cm³/mol. The maximum Gasteiger partial charge on any atom is 0.220 e. The molecule has 1 aromatic rings. The summed E-state index contributed by atoms with van der Waals surface area (Å²) in [6.45, 7) is 1.62. The first-order valence-corrected chi connectivity index (χ1v) is 11.1.